The number of rotatable bonds is 9. The van der Waals surface area contributed by atoms with E-state index in [1.807, 2.05) is 24.3 Å². The topological polar surface area (TPSA) is 97.7 Å². The number of anilines is 2. The maximum absolute atomic E-state index is 9.62. The van der Waals surface area contributed by atoms with Gasteiger partial charge in [0.25, 0.3) is 0 Å². The molecule has 4 atom stereocenters. The van der Waals surface area contributed by atoms with Crippen LogP contribution in [-0.4, -0.2) is 41.7 Å². The van der Waals surface area contributed by atoms with Gasteiger partial charge in [0.2, 0.25) is 5.95 Å². The van der Waals surface area contributed by atoms with Crippen molar-refractivity contribution in [2.45, 2.75) is 82.5 Å². The van der Waals surface area contributed by atoms with E-state index in [2.05, 4.69) is 44.4 Å². The first-order valence-corrected chi connectivity index (χ1v) is 14.4. The lowest BCUT2D eigenvalue weighted by molar-refractivity contribution is 0.0745. The van der Waals surface area contributed by atoms with Crippen molar-refractivity contribution in [3.8, 4) is 6.07 Å². The van der Waals surface area contributed by atoms with Crippen molar-refractivity contribution < 1.29 is 0 Å². The number of nitrogens with zero attached hydrogens (tertiary/aromatic N) is 3. The molecule has 0 aliphatic heterocycles. The maximum atomic E-state index is 9.62. The summed E-state index contributed by atoms with van der Waals surface area (Å²) < 4.78 is 0. The summed E-state index contributed by atoms with van der Waals surface area (Å²) in [6, 6.07) is 12.0. The fourth-order valence-electron chi connectivity index (χ4n) is 6.87. The zero-order chi connectivity index (χ0) is 25.6. The standard InChI is InChI=1S/C29H40ClN7/c1-32-24-9-11-25(12-10-24)36-27-20-6-4-7-21(27)14-19(13-20)16-33-28-23(15-31)18-35-29(37-28)34-17-22-5-2-3-8-26(22)30/h2-3,5,8,18-21,24-25,27,32,36H,4,6-7,9-14,16-17H2,1H3,(H2,33,34,35,37)/t19?,20-,21+,24?,25?,27?. The van der Waals surface area contributed by atoms with Gasteiger partial charge in [-0.05, 0) is 87.8 Å². The molecule has 0 amide bonds. The lowest BCUT2D eigenvalue weighted by Gasteiger charge is -2.48. The Bertz CT molecular complexity index is 1060. The normalized spacial score (nSPS) is 29.3. The molecule has 8 heteroatoms. The van der Waals surface area contributed by atoms with Crippen LogP contribution in [0.5, 0.6) is 0 Å². The van der Waals surface area contributed by atoms with E-state index in [0.717, 1.165) is 23.9 Å². The predicted molar refractivity (Wildman–Crippen MR) is 150 cm³/mol. The van der Waals surface area contributed by atoms with Crippen molar-refractivity contribution >= 4 is 23.4 Å². The van der Waals surface area contributed by atoms with Crippen LogP contribution in [0.2, 0.25) is 5.02 Å². The van der Waals surface area contributed by atoms with Crippen molar-refractivity contribution in [2.75, 3.05) is 24.2 Å². The Labute approximate surface area is 226 Å². The van der Waals surface area contributed by atoms with Crippen LogP contribution < -0.4 is 21.3 Å². The second-order valence-corrected chi connectivity index (χ2v) is 11.6. The molecule has 3 saturated carbocycles. The van der Waals surface area contributed by atoms with Crippen molar-refractivity contribution in [2.24, 2.45) is 17.8 Å². The molecule has 2 unspecified atom stereocenters. The van der Waals surface area contributed by atoms with Crippen molar-refractivity contribution in [3.05, 3.63) is 46.6 Å². The van der Waals surface area contributed by atoms with Crippen molar-refractivity contribution in [1.82, 2.24) is 20.6 Å². The van der Waals surface area contributed by atoms with Crippen LogP contribution in [0.15, 0.2) is 30.5 Å². The number of hydrogen-bond donors (Lipinski definition) is 4. The number of halogens is 1. The fraction of sp³-hybridized carbons (Fsp3) is 0.621. The van der Waals surface area contributed by atoms with Gasteiger partial charge in [-0.15, -0.1) is 0 Å². The Hall–Kier alpha value is -2.40. The van der Waals surface area contributed by atoms with E-state index in [1.165, 1.54) is 57.8 Å². The molecule has 37 heavy (non-hydrogen) atoms. The van der Waals surface area contributed by atoms with Crippen molar-refractivity contribution in [3.63, 3.8) is 0 Å². The van der Waals surface area contributed by atoms with Gasteiger partial charge in [0.1, 0.15) is 17.5 Å². The highest BCUT2D eigenvalue weighted by Gasteiger charge is 2.41. The first-order valence-electron chi connectivity index (χ1n) is 14.0. The zero-order valence-electron chi connectivity index (χ0n) is 21.8. The average molecular weight is 522 g/mol. The third kappa shape index (κ3) is 6.54. The zero-order valence-corrected chi connectivity index (χ0v) is 22.6. The Kier molecular flexibility index (Phi) is 8.81. The summed E-state index contributed by atoms with van der Waals surface area (Å²) in [6.07, 6.45) is 13.3. The van der Waals surface area contributed by atoms with E-state index in [1.54, 1.807) is 6.20 Å². The minimum Gasteiger partial charge on any atom is -0.369 e. The van der Waals surface area contributed by atoms with Crippen LogP contribution in [0.1, 0.15) is 68.9 Å². The Morgan fingerprint density at radius 3 is 2.43 bits per heavy atom. The molecule has 1 heterocycles. The van der Waals surface area contributed by atoms with E-state index >= 15 is 0 Å². The highest BCUT2D eigenvalue weighted by Crippen LogP contribution is 2.43. The van der Waals surface area contributed by atoms with Gasteiger partial charge in [0.15, 0.2) is 0 Å². The molecule has 3 aliphatic rings. The quantitative estimate of drug-likeness (QED) is 0.353. The summed E-state index contributed by atoms with van der Waals surface area (Å²) in [6.45, 7) is 1.38. The summed E-state index contributed by atoms with van der Waals surface area (Å²) >= 11 is 6.28. The van der Waals surface area contributed by atoms with Crippen LogP contribution in [0.4, 0.5) is 11.8 Å². The Morgan fingerprint density at radius 2 is 1.73 bits per heavy atom. The van der Waals surface area contributed by atoms with Gasteiger partial charge >= 0.3 is 0 Å². The molecule has 1 aromatic heterocycles. The van der Waals surface area contributed by atoms with E-state index in [-0.39, 0.29) is 0 Å². The van der Waals surface area contributed by atoms with Gasteiger partial charge in [-0.25, -0.2) is 4.98 Å². The van der Waals surface area contributed by atoms with Gasteiger partial charge in [-0.3, -0.25) is 0 Å². The van der Waals surface area contributed by atoms with E-state index < -0.39 is 0 Å². The molecular formula is C29H40ClN7. The summed E-state index contributed by atoms with van der Waals surface area (Å²) in [7, 11) is 2.09. The van der Waals surface area contributed by atoms with Crippen molar-refractivity contribution in [1.29, 1.82) is 5.26 Å². The lowest BCUT2D eigenvalue weighted by atomic mass is 9.64. The van der Waals surface area contributed by atoms with Gasteiger partial charge in [0.05, 0.1) is 6.20 Å². The first-order chi connectivity index (χ1) is 18.1. The highest BCUT2D eigenvalue weighted by atomic mass is 35.5. The smallest absolute Gasteiger partial charge is 0.224 e. The van der Waals surface area contributed by atoms with Crippen LogP contribution >= 0.6 is 11.6 Å². The van der Waals surface area contributed by atoms with Crippen LogP contribution in [-0.2, 0) is 6.54 Å². The predicted octanol–water partition coefficient (Wildman–Crippen LogP) is 5.34. The third-order valence-corrected chi connectivity index (χ3v) is 9.23. The summed E-state index contributed by atoms with van der Waals surface area (Å²) in [5, 5.41) is 24.7. The molecule has 0 radical (unpaired) electrons. The van der Waals surface area contributed by atoms with Crippen LogP contribution in [0.25, 0.3) is 0 Å². The van der Waals surface area contributed by atoms with Gasteiger partial charge in [-0.2, -0.15) is 10.2 Å². The number of aromatic nitrogens is 2. The summed E-state index contributed by atoms with van der Waals surface area (Å²) in [5.74, 6) is 3.24. The largest absolute Gasteiger partial charge is 0.369 e. The summed E-state index contributed by atoms with van der Waals surface area (Å²) in [5.41, 5.74) is 1.47. The molecule has 1 aromatic carbocycles. The second kappa shape index (κ2) is 12.4. The molecule has 7 nitrogen and oxygen atoms in total. The minimum atomic E-state index is 0.482. The van der Waals surface area contributed by atoms with E-state index in [4.69, 9.17) is 11.6 Å². The average Bonchev–Trinajstić information content (AvgIpc) is 2.92. The monoisotopic (exact) mass is 521 g/mol. The van der Waals surface area contributed by atoms with E-state index in [0.29, 0.717) is 52.9 Å². The van der Waals surface area contributed by atoms with Gasteiger partial charge in [-0.1, -0.05) is 36.2 Å². The number of nitrogens with one attached hydrogen (secondary N) is 4. The minimum absolute atomic E-state index is 0.482. The van der Waals surface area contributed by atoms with Gasteiger partial charge < -0.3 is 21.3 Å². The molecular weight excluding hydrogens is 482 g/mol. The van der Waals surface area contributed by atoms with Crippen LogP contribution in [0.3, 0.4) is 0 Å². The van der Waals surface area contributed by atoms with Crippen LogP contribution in [0, 0.1) is 29.1 Å². The number of benzene rings is 1. The second-order valence-electron chi connectivity index (χ2n) is 11.2. The number of nitriles is 1. The SMILES string of the molecule is CNC1CCC(NC2[C@@H]3CCC[C@H]2CC(CNc2nc(NCc4ccccc4Cl)ncc2C#N)C3)CC1. The Morgan fingerprint density at radius 1 is 1.00 bits per heavy atom. The first kappa shape index (κ1) is 26.2. The lowest BCUT2D eigenvalue weighted by Crippen LogP contribution is -2.54. The molecule has 2 aromatic rings. The molecule has 4 N–H and O–H groups in total. The molecule has 198 valence electrons. The van der Waals surface area contributed by atoms with Gasteiger partial charge in [0, 0.05) is 36.2 Å². The Balaban J connectivity index is 1.16. The number of fused-ring (bicyclic) bond motifs is 2. The van der Waals surface area contributed by atoms with E-state index in [9.17, 15) is 5.26 Å². The number of hydrogen-bond acceptors (Lipinski definition) is 7. The fourth-order valence-corrected chi connectivity index (χ4v) is 7.07. The molecule has 5 rings (SSSR count). The molecule has 0 saturated heterocycles. The molecule has 3 aliphatic carbocycles. The molecule has 0 spiro atoms. The highest BCUT2D eigenvalue weighted by molar-refractivity contribution is 6.31. The summed E-state index contributed by atoms with van der Waals surface area (Å²) in [4.78, 5) is 8.97. The molecule has 3 fully saturated rings. The third-order valence-electron chi connectivity index (χ3n) is 8.86. The maximum Gasteiger partial charge on any atom is 0.224 e. The molecule has 2 bridgehead atoms.